The van der Waals surface area contributed by atoms with Crippen LogP contribution in [-0.2, 0) is 22.6 Å². The van der Waals surface area contributed by atoms with Gasteiger partial charge in [0.15, 0.2) is 0 Å². The van der Waals surface area contributed by atoms with Crippen molar-refractivity contribution in [3.63, 3.8) is 0 Å². The number of anilines is 1. The van der Waals surface area contributed by atoms with Gasteiger partial charge in [0, 0.05) is 50.5 Å². The van der Waals surface area contributed by atoms with Crippen LogP contribution in [0.5, 0.6) is 0 Å². The number of non-ortho nitro benzene ring substituents is 1. The molecular weight excluding hydrogens is 514 g/mol. The van der Waals surface area contributed by atoms with E-state index in [0.717, 1.165) is 31.0 Å². The number of morpholine rings is 1. The van der Waals surface area contributed by atoms with Gasteiger partial charge in [0.05, 0.1) is 24.7 Å². The molecule has 11 nitrogen and oxygen atoms in total. The van der Waals surface area contributed by atoms with Crippen LogP contribution in [0.4, 0.5) is 16.2 Å². The lowest BCUT2D eigenvalue weighted by atomic mass is 10.2. The minimum absolute atomic E-state index is 0.0692. The van der Waals surface area contributed by atoms with Crippen molar-refractivity contribution in [1.29, 1.82) is 0 Å². The Balaban J connectivity index is 1.47. The Labute approximate surface area is 233 Å². The van der Waals surface area contributed by atoms with Gasteiger partial charge in [0.2, 0.25) is 5.91 Å². The van der Waals surface area contributed by atoms with E-state index < -0.39 is 11.0 Å². The van der Waals surface area contributed by atoms with Crippen molar-refractivity contribution in [3.8, 4) is 0 Å². The second-order valence-corrected chi connectivity index (χ2v) is 9.71. The van der Waals surface area contributed by atoms with E-state index in [0.29, 0.717) is 44.2 Å². The van der Waals surface area contributed by atoms with Gasteiger partial charge in [-0.1, -0.05) is 30.3 Å². The largest absolute Gasteiger partial charge is 0.464 e. The molecule has 40 heavy (non-hydrogen) atoms. The Morgan fingerprint density at radius 2 is 1.70 bits per heavy atom. The number of amides is 3. The molecule has 0 atom stereocenters. The first-order valence-corrected chi connectivity index (χ1v) is 13.3. The average Bonchev–Trinajstić information content (AvgIpc) is 3.37. The van der Waals surface area contributed by atoms with E-state index in [2.05, 4.69) is 10.2 Å². The number of nitro benzene ring substituents is 1. The van der Waals surface area contributed by atoms with E-state index in [4.69, 9.17) is 9.15 Å². The molecule has 1 N–H and O–H groups in total. The highest BCUT2D eigenvalue weighted by Crippen LogP contribution is 2.17. The van der Waals surface area contributed by atoms with Crippen LogP contribution in [0, 0.1) is 17.0 Å². The second kappa shape index (κ2) is 14.2. The van der Waals surface area contributed by atoms with Crippen molar-refractivity contribution in [2.45, 2.75) is 26.4 Å². The third-order valence-electron chi connectivity index (χ3n) is 6.66. The smallest absolute Gasteiger partial charge is 0.322 e. The number of carbonyl (C=O) groups excluding carboxylic acids is 2. The fourth-order valence-corrected chi connectivity index (χ4v) is 4.49. The Morgan fingerprint density at radius 3 is 2.35 bits per heavy atom. The predicted molar refractivity (Wildman–Crippen MR) is 150 cm³/mol. The number of nitrogens with one attached hydrogen (secondary N) is 1. The van der Waals surface area contributed by atoms with Crippen LogP contribution < -0.4 is 5.32 Å². The SMILES string of the molecule is Cc1ccc(CN(Cc2ccccc2)C(=O)CN(CCCN2CCOCC2)C(=O)Nc2ccc([N+](=O)[O-])cc2)o1. The third kappa shape index (κ3) is 8.65. The standard InChI is InChI=1S/C29H35N5O6/c1-23-8-13-27(40-23)21-33(20-24-6-3-2-4-7-24)28(35)22-32(15-5-14-31-16-18-39-19-17-31)29(36)30-25-9-11-26(12-10-25)34(37)38/h2-4,6-13H,5,14-22H2,1H3,(H,30,36). The lowest BCUT2D eigenvalue weighted by molar-refractivity contribution is -0.384. The molecule has 1 aromatic heterocycles. The minimum Gasteiger partial charge on any atom is -0.464 e. The van der Waals surface area contributed by atoms with E-state index in [-0.39, 0.29) is 24.7 Å². The molecule has 3 aromatic rings. The molecule has 2 aromatic carbocycles. The molecule has 3 amide bonds. The Kier molecular flexibility index (Phi) is 10.3. The normalized spacial score (nSPS) is 13.5. The number of benzene rings is 2. The molecule has 0 radical (unpaired) electrons. The maximum atomic E-state index is 13.7. The number of furan rings is 1. The number of urea groups is 1. The van der Waals surface area contributed by atoms with Gasteiger partial charge < -0.3 is 24.3 Å². The summed E-state index contributed by atoms with van der Waals surface area (Å²) in [5.41, 5.74) is 1.31. The maximum absolute atomic E-state index is 13.7. The summed E-state index contributed by atoms with van der Waals surface area (Å²) in [5.74, 6) is 1.20. The fraction of sp³-hybridized carbons (Fsp3) is 0.379. The van der Waals surface area contributed by atoms with Gasteiger partial charge in [0.25, 0.3) is 5.69 Å². The summed E-state index contributed by atoms with van der Waals surface area (Å²) in [5, 5.41) is 13.8. The summed E-state index contributed by atoms with van der Waals surface area (Å²) < 4.78 is 11.2. The van der Waals surface area contributed by atoms with Crippen molar-refractivity contribution in [1.82, 2.24) is 14.7 Å². The van der Waals surface area contributed by atoms with Gasteiger partial charge >= 0.3 is 6.03 Å². The number of hydrogen-bond donors (Lipinski definition) is 1. The zero-order valence-corrected chi connectivity index (χ0v) is 22.7. The molecule has 0 unspecified atom stereocenters. The van der Waals surface area contributed by atoms with E-state index in [1.54, 1.807) is 4.90 Å². The average molecular weight is 550 g/mol. The molecule has 212 valence electrons. The number of carbonyl (C=O) groups is 2. The molecule has 1 saturated heterocycles. The van der Waals surface area contributed by atoms with Gasteiger partial charge in [0.1, 0.15) is 18.1 Å². The zero-order chi connectivity index (χ0) is 28.3. The molecule has 0 saturated carbocycles. The number of hydrogen-bond acceptors (Lipinski definition) is 7. The van der Waals surface area contributed by atoms with Crippen LogP contribution in [0.2, 0.25) is 0 Å². The molecule has 1 fully saturated rings. The van der Waals surface area contributed by atoms with Gasteiger partial charge in [-0.3, -0.25) is 19.8 Å². The van der Waals surface area contributed by atoms with Crippen LogP contribution in [-0.4, -0.2) is 77.5 Å². The number of nitrogens with zero attached hydrogens (tertiary/aromatic N) is 4. The van der Waals surface area contributed by atoms with Gasteiger partial charge in [-0.15, -0.1) is 0 Å². The number of ether oxygens (including phenoxy) is 1. The highest BCUT2D eigenvalue weighted by atomic mass is 16.6. The predicted octanol–water partition coefficient (Wildman–Crippen LogP) is 4.28. The first-order chi connectivity index (χ1) is 19.4. The topological polar surface area (TPSA) is 121 Å². The van der Waals surface area contributed by atoms with Crippen LogP contribution in [0.1, 0.15) is 23.5 Å². The molecule has 1 aliphatic rings. The van der Waals surface area contributed by atoms with E-state index in [1.807, 2.05) is 49.4 Å². The molecule has 0 spiro atoms. The van der Waals surface area contributed by atoms with Crippen molar-refractivity contribution in [2.24, 2.45) is 0 Å². The first-order valence-electron chi connectivity index (χ1n) is 13.3. The summed E-state index contributed by atoms with van der Waals surface area (Å²) in [6.07, 6.45) is 0.678. The zero-order valence-electron chi connectivity index (χ0n) is 22.7. The highest BCUT2D eigenvalue weighted by molar-refractivity contribution is 5.92. The maximum Gasteiger partial charge on any atom is 0.322 e. The summed E-state index contributed by atoms with van der Waals surface area (Å²) in [6, 6.07) is 18.5. The number of nitro groups is 1. The van der Waals surface area contributed by atoms with Crippen LogP contribution in [0.15, 0.2) is 71.1 Å². The lowest BCUT2D eigenvalue weighted by Crippen LogP contribution is -2.45. The van der Waals surface area contributed by atoms with E-state index >= 15 is 0 Å². The Morgan fingerprint density at radius 1 is 0.975 bits per heavy atom. The van der Waals surface area contributed by atoms with Crippen molar-refractivity contribution < 1.29 is 23.7 Å². The number of aryl methyl sites for hydroxylation is 1. The van der Waals surface area contributed by atoms with Crippen LogP contribution in [0.25, 0.3) is 0 Å². The molecule has 2 heterocycles. The monoisotopic (exact) mass is 549 g/mol. The van der Waals surface area contributed by atoms with E-state index in [9.17, 15) is 19.7 Å². The molecule has 0 aliphatic carbocycles. The minimum atomic E-state index is -0.496. The van der Waals surface area contributed by atoms with Crippen molar-refractivity contribution in [2.75, 3.05) is 51.3 Å². The molecule has 0 bridgehead atoms. The van der Waals surface area contributed by atoms with Crippen LogP contribution in [0.3, 0.4) is 0 Å². The fourth-order valence-electron chi connectivity index (χ4n) is 4.49. The lowest BCUT2D eigenvalue weighted by Gasteiger charge is -2.30. The van der Waals surface area contributed by atoms with Gasteiger partial charge in [-0.2, -0.15) is 0 Å². The molecular formula is C29H35N5O6. The quantitative estimate of drug-likeness (QED) is 0.264. The van der Waals surface area contributed by atoms with Gasteiger partial charge in [-0.05, 0) is 43.2 Å². The summed E-state index contributed by atoms with van der Waals surface area (Å²) in [4.78, 5) is 43.0. The van der Waals surface area contributed by atoms with Crippen molar-refractivity contribution in [3.05, 3.63) is 93.9 Å². The van der Waals surface area contributed by atoms with Crippen molar-refractivity contribution >= 4 is 23.3 Å². The summed E-state index contributed by atoms with van der Waals surface area (Å²) >= 11 is 0. The van der Waals surface area contributed by atoms with Gasteiger partial charge in [-0.25, -0.2) is 4.79 Å². The third-order valence-corrected chi connectivity index (χ3v) is 6.66. The van der Waals surface area contributed by atoms with E-state index in [1.165, 1.54) is 29.2 Å². The van der Waals surface area contributed by atoms with Crippen LogP contribution >= 0.6 is 0 Å². The Bertz CT molecular complexity index is 1260. The number of rotatable bonds is 12. The highest BCUT2D eigenvalue weighted by Gasteiger charge is 2.23. The first kappa shape index (κ1) is 28.8. The Hall–Kier alpha value is -4.22. The summed E-state index contributed by atoms with van der Waals surface area (Å²) in [7, 11) is 0. The molecule has 11 heteroatoms. The molecule has 4 rings (SSSR count). The molecule has 1 aliphatic heterocycles. The second-order valence-electron chi connectivity index (χ2n) is 9.71. The summed E-state index contributed by atoms with van der Waals surface area (Å²) in [6.45, 7) is 6.53.